The summed E-state index contributed by atoms with van der Waals surface area (Å²) in [6, 6.07) is 12.9. The van der Waals surface area contributed by atoms with Crippen LogP contribution in [0.5, 0.6) is 11.5 Å². The van der Waals surface area contributed by atoms with Crippen LogP contribution in [0.15, 0.2) is 57.5 Å². The van der Waals surface area contributed by atoms with Crippen LogP contribution >= 0.6 is 31.9 Å². The van der Waals surface area contributed by atoms with Gasteiger partial charge in [-0.3, -0.25) is 0 Å². The molecule has 0 unspecified atom stereocenters. The van der Waals surface area contributed by atoms with Crippen LogP contribution in [-0.4, -0.2) is 11.1 Å². The van der Waals surface area contributed by atoms with E-state index < -0.39 is 5.97 Å². The van der Waals surface area contributed by atoms with Crippen molar-refractivity contribution in [2.45, 2.75) is 0 Å². The highest BCUT2D eigenvalue weighted by Gasteiger charge is 2.06. The molecular weight excluding hydrogens is 388 g/mol. The Hall–Kier alpha value is -1.59. The lowest BCUT2D eigenvalue weighted by Gasteiger charge is -2.09. The molecule has 0 saturated carbocycles. The molecular formula is C15H10Br2O3. The molecule has 0 spiro atoms. The Bertz CT molecular complexity index is 666. The van der Waals surface area contributed by atoms with Gasteiger partial charge in [0.05, 0.1) is 8.95 Å². The minimum atomic E-state index is -0.977. The monoisotopic (exact) mass is 396 g/mol. The molecule has 3 nitrogen and oxygen atoms in total. The molecule has 0 saturated heterocycles. The topological polar surface area (TPSA) is 46.5 Å². The van der Waals surface area contributed by atoms with Crippen LogP contribution in [0.2, 0.25) is 0 Å². The van der Waals surface area contributed by atoms with Crippen molar-refractivity contribution in [2.24, 2.45) is 0 Å². The average Bonchev–Trinajstić information content (AvgIpc) is 2.41. The summed E-state index contributed by atoms with van der Waals surface area (Å²) in [6.07, 6.45) is 2.62. The zero-order valence-electron chi connectivity index (χ0n) is 10.2. The second kappa shape index (κ2) is 6.72. The maximum Gasteiger partial charge on any atom is 0.328 e. The molecule has 0 amide bonds. The Balaban J connectivity index is 2.22. The minimum absolute atomic E-state index is 0.657. The third-order valence-corrected chi connectivity index (χ3v) is 3.71. The van der Waals surface area contributed by atoms with Crippen LogP contribution in [0.25, 0.3) is 6.08 Å². The van der Waals surface area contributed by atoms with Gasteiger partial charge in [0.1, 0.15) is 11.5 Å². The molecule has 20 heavy (non-hydrogen) atoms. The molecule has 0 aliphatic rings. The van der Waals surface area contributed by atoms with Crippen LogP contribution in [0.1, 0.15) is 5.56 Å². The number of benzene rings is 2. The first-order valence-electron chi connectivity index (χ1n) is 5.69. The summed E-state index contributed by atoms with van der Waals surface area (Å²) in [5, 5.41) is 8.60. The summed E-state index contributed by atoms with van der Waals surface area (Å²) in [4.78, 5) is 10.5. The predicted octanol–water partition coefficient (Wildman–Crippen LogP) is 5.10. The number of carboxylic acid groups (broad SMARTS) is 1. The normalized spacial score (nSPS) is 10.7. The van der Waals surface area contributed by atoms with Gasteiger partial charge in [-0.15, -0.1) is 0 Å². The fraction of sp³-hybridized carbons (Fsp3) is 0. The molecule has 0 aliphatic heterocycles. The van der Waals surface area contributed by atoms with Crippen molar-refractivity contribution in [1.82, 2.24) is 0 Å². The first-order chi connectivity index (χ1) is 9.56. The van der Waals surface area contributed by atoms with E-state index in [1.54, 1.807) is 18.2 Å². The summed E-state index contributed by atoms with van der Waals surface area (Å²) in [6.45, 7) is 0. The lowest BCUT2D eigenvalue weighted by atomic mass is 10.2. The molecule has 0 aromatic heterocycles. The number of ether oxygens (including phenoxy) is 1. The van der Waals surface area contributed by atoms with Crippen LogP contribution in [-0.2, 0) is 4.79 Å². The van der Waals surface area contributed by atoms with Crippen molar-refractivity contribution in [3.05, 3.63) is 63.0 Å². The van der Waals surface area contributed by atoms with Gasteiger partial charge in [0, 0.05) is 6.08 Å². The number of carbonyl (C=O) groups is 1. The van der Waals surface area contributed by atoms with E-state index in [0.717, 1.165) is 20.6 Å². The van der Waals surface area contributed by atoms with E-state index >= 15 is 0 Å². The molecule has 2 rings (SSSR count). The summed E-state index contributed by atoms with van der Waals surface area (Å²) in [5.41, 5.74) is 0.777. The summed E-state index contributed by atoms with van der Waals surface area (Å²) < 4.78 is 7.40. The minimum Gasteiger partial charge on any atom is -0.478 e. The molecule has 0 heterocycles. The highest BCUT2D eigenvalue weighted by molar-refractivity contribution is 9.11. The smallest absolute Gasteiger partial charge is 0.328 e. The lowest BCUT2D eigenvalue weighted by molar-refractivity contribution is -0.131. The van der Waals surface area contributed by atoms with Crippen molar-refractivity contribution in [2.75, 3.05) is 0 Å². The number of aliphatic carboxylic acids is 1. The van der Waals surface area contributed by atoms with E-state index in [1.165, 1.54) is 6.08 Å². The molecule has 0 atom stereocenters. The van der Waals surface area contributed by atoms with Crippen molar-refractivity contribution >= 4 is 43.9 Å². The van der Waals surface area contributed by atoms with E-state index in [0.29, 0.717) is 11.5 Å². The fourth-order valence-electron chi connectivity index (χ4n) is 1.52. The third-order valence-electron chi connectivity index (χ3n) is 2.43. The Morgan fingerprint density at radius 1 is 1.05 bits per heavy atom. The number of rotatable bonds is 4. The van der Waals surface area contributed by atoms with Crippen molar-refractivity contribution in [3.8, 4) is 11.5 Å². The zero-order valence-corrected chi connectivity index (χ0v) is 13.4. The Morgan fingerprint density at radius 2 is 1.75 bits per heavy atom. The molecule has 0 bridgehead atoms. The number of hydrogen-bond donors (Lipinski definition) is 1. The SMILES string of the molecule is O=C(O)/C=C/c1ccc(Oc2ccccc2Br)c(Br)c1. The molecule has 0 aliphatic carbocycles. The van der Waals surface area contributed by atoms with Gasteiger partial charge in [0.25, 0.3) is 0 Å². The van der Waals surface area contributed by atoms with E-state index in [1.807, 2.05) is 24.3 Å². The molecule has 0 fully saturated rings. The Labute approximate surface area is 133 Å². The number of hydrogen-bond acceptors (Lipinski definition) is 2. The summed E-state index contributed by atoms with van der Waals surface area (Å²) in [5.74, 6) is 0.390. The predicted molar refractivity (Wildman–Crippen MR) is 85.0 cm³/mol. The standard InChI is InChI=1S/C15H10Br2O3/c16-11-3-1-2-4-13(11)20-14-7-5-10(9-12(14)17)6-8-15(18)19/h1-9H,(H,18,19)/b8-6+. The molecule has 0 radical (unpaired) electrons. The summed E-state index contributed by atoms with van der Waals surface area (Å²) in [7, 11) is 0. The largest absolute Gasteiger partial charge is 0.478 e. The third kappa shape index (κ3) is 3.95. The van der Waals surface area contributed by atoms with Crippen molar-refractivity contribution < 1.29 is 14.6 Å². The first kappa shape index (κ1) is 14.8. The molecule has 1 N–H and O–H groups in total. The van der Waals surface area contributed by atoms with Crippen LogP contribution in [0, 0.1) is 0 Å². The van der Waals surface area contributed by atoms with Gasteiger partial charge in [-0.2, -0.15) is 0 Å². The number of para-hydroxylation sites is 1. The van der Waals surface area contributed by atoms with E-state index in [4.69, 9.17) is 9.84 Å². The van der Waals surface area contributed by atoms with E-state index in [2.05, 4.69) is 31.9 Å². The van der Waals surface area contributed by atoms with Crippen LogP contribution in [0.4, 0.5) is 0 Å². The highest BCUT2D eigenvalue weighted by Crippen LogP contribution is 2.34. The number of carboxylic acids is 1. The highest BCUT2D eigenvalue weighted by atomic mass is 79.9. The van der Waals surface area contributed by atoms with Gasteiger partial charge in [0.2, 0.25) is 0 Å². The maximum absolute atomic E-state index is 10.5. The van der Waals surface area contributed by atoms with Gasteiger partial charge in [0.15, 0.2) is 0 Å². The summed E-state index contributed by atoms with van der Waals surface area (Å²) >= 11 is 6.83. The van der Waals surface area contributed by atoms with Crippen LogP contribution < -0.4 is 4.74 Å². The maximum atomic E-state index is 10.5. The van der Waals surface area contributed by atoms with Crippen LogP contribution in [0.3, 0.4) is 0 Å². The molecule has 102 valence electrons. The van der Waals surface area contributed by atoms with Crippen molar-refractivity contribution in [1.29, 1.82) is 0 Å². The van der Waals surface area contributed by atoms with Gasteiger partial charge in [-0.1, -0.05) is 18.2 Å². The zero-order chi connectivity index (χ0) is 14.5. The van der Waals surface area contributed by atoms with Gasteiger partial charge in [-0.25, -0.2) is 4.79 Å². The molecule has 2 aromatic rings. The Morgan fingerprint density at radius 3 is 2.40 bits per heavy atom. The Kier molecular flexibility index (Phi) is 4.98. The van der Waals surface area contributed by atoms with Gasteiger partial charge < -0.3 is 9.84 Å². The van der Waals surface area contributed by atoms with E-state index in [-0.39, 0.29) is 0 Å². The van der Waals surface area contributed by atoms with Gasteiger partial charge in [-0.05, 0) is 67.8 Å². The average molecular weight is 398 g/mol. The van der Waals surface area contributed by atoms with E-state index in [9.17, 15) is 4.79 Å². The first-order valence-corrected chi connectivity index (χ1v) is 7.28. The van der Waals surface area contributed by atoms with Gasteiger partial charge >= 0.3 is 5.97 Å². The second-order valence-corrected chi connectivity index (χ2v) is 5.60. The lowest BCUT2D eigenvalue weighted by Crippen LogP contribution is -1.88. The molecule has 2 aromatic carbocycles. The second-order valence-electron chi connectivity index (χ2n) is 3.89. The molecule has 5 heteroatoms. The number of halogens is 2. The quantitative estimate of drug-likeness (QED) is 0.730. The fourth-order valence-corrected chi connectivity index (χ4v) is 2.36. The van der Waals surface area contributed by atoms with Crippen molar-refractivity contribution in [3.63, 3.8) is 0 Å².